The average Bonchev–Trinajstić information content (AvgIpc) is 3.65. The van der Waals surface area contributed by atoms with Crippen LogP contribution in [0.25, 0.3) is 89.8 Å². The molecule has 9 aromatic rings. The SMILES string of the molecule is c1ccc(-c2cc(-c3nc(-c4ccccc4)nc(-c4ccccc4)n3)cc(-c3cc(-c4ccccc4)cc4c3Cc3ccc(-c5ccccc5)cc3-4)c2)cc1. The fraction of sp³-hybridized carbons (Fsp3) is 0.0192. The molecule has 0 spiro atoms. The summed E-state index contributed by atoms with van der Waals surface area (Å²) < 4.78 is 0. The molecule has 0 aliphatic heterocycles. The van der Waals surface area contributed by atoms with Crippen molar-refractivity contribution in [1.82, 2.24) is 15.0 Å². The topological polar surface area (TPSA) is 38.7 Å². The second-order valence-corrected chi connectivity index (χ2v) is 14.0. The van der Waals surface area contributed by atoms with E-state index < -0.39 is 0 Å². The third-order valence-electron chi connectivity index (χ3n) is 10.5. The van der Waals surface area contributed by atoms with Crippen LogP contribution in [-0.2, 0) is 6.42 Å². The highest BCUT2D eigenvalue weighted by Crippen LogP contribution is 2.46. The minimum atomic E-state index is 0.637. The molecule has 1 aliphatic carbocycles. The molecule has 3 heteroatoms. The number of rotatable bonds is 7. The van der Waals surface area contributed by atoms with Gasteiger partial charge in [0.25, 0.3) is 0 Å². The molecule has 1 heterocycles. The number of aromatic nitrogens is 3. The minimum Gasteiger partial charge on any atom is -0.208 e. The predicted octanol–water partition coefficient (Wildman–Crippen LogP) is 13.1. The van der Waals surface area contributed by atoms with Gasteiger partial charge in [-0.25, -0.2) is 15.0 Å². The number of nitrogens with zero attached hydrogens (tertiary/aromatic N) is 3. The molecule has 55 heavy (non-hydrogen) atoms. The van der Waals surface area contributed by atoms with Gasteiger partial charge in [-0.15, -0.1) is 0 Å². The van der Waals surface area contributed by atoms with E-state index in [0.29, 0.717) is 17.5 Å². The zero-order chi connectivity index (χ0) is 36.6. The van der Waals surface area contributed by atoms with Crippen LogP contribution < -0.4 is 0 Å². The van der Waals surface area contributed by atoms with E-state index in [1.165, 1.54) is 50.1 Å². The van der Waals surface area contributed by atoms with Crippen LogP contribution in [-0.4, -0.2) is 15.0 Å². The van der Waals surface area contributed by atoms with Crippen LogP contribution in [0.15, 0.2) is 200 Å². The molecule has 0 fully saturated rings. The second kappa shape index (κ2) is 14.0. The highest BCUT2D eigenvalue weighted by molar-refractivity contribution is 5.93. The molecular formula is C52H35N3. The molecule has 0 amide bonds. The van der Waals surface area contributed by atoms with Crippen LogP contribution in [0.3, 0.4) is 0 Å². The van der Waals surface area contributed by atoms with Gasteiger partial charge < -0.3 is 0 Å². The van der Waals surface area contributed by atoms with Crippen LogP contribution in [0.1, 0.15) is 11.1 Å². The van der Waals surface area contributed by atoms with E-state index in [1.54, 1.807) is 0 Å². The van der Waals surface area contributed by atoms with E-state index in [0.717, 1.165) is 39.8 Å². The molecule has 258 valence electrons. The summed E-state index contributed by atoms with van der Waals surface area (Å²) in [6.07, 6.45) is 0.858. The maximum absolute atomic E-state index is 5.16. The largest absolute Gasteiger partial charge is 0.208 e. The minimum absolute atomic E-state index is 0.637. The van der Waals surface area contributed by atoms with E-state index in [9.17, 15) is 0 Å². The van der Waals surface area contributed by atoms with Crippen molar-refractivity contribution in [2.24, 2.45) is 0 Å². The van der Waals surface area contributed by atoms with Gasteiger partial charge in [-0.1, -0.05) is 164 Å². The average molecular weight is 702 g/mol. The Hall–Kier alpha value is -7.23. The van der Waals surface area contributed by atoms with Crippen LogP contribution in [0.2, 0.25) is 0 Å². The van der Waals surface area contributed by atoms with Crippen molar-refractivity contribution in [2.75, 3.05) is 0 Å². The molecular weight excluding hydrogens is 667 g/mol. The summed E-state index contributed by atoms with van der Waals surface area (Å²) in [6, 6.07) is 70.9. The van der Waals surface area contributed by atoms with Gasteiger partial charge in [0.1, 0.15) is 0 Å². The number of fused-ring (bicyclic) bond motifs is 3. The standard InChI is InChI=1S/C52H35N3/c1-6-16-35(17-7-1)40-26-27-41-32-48-47(33-43(34-49(48)46(41)31-40)37-20-10-3-11-21-37)44-28-42(36-18-8-2-9-19-36)29-45(30-44)52-54-50(38-22-12-4-13-23-38)53-51(55-52)39-24-14-5-15-25-39/h1-31,33-34H,32H2. The Kier molecular flexibility index (Phi) is 8.23. The molecule has 8 aromatic carbocycles. The lowest BCUT2D eigenvalue weighted by atomic mass is 9.88. The fourth-order valence-corrected chi connectivity index (χ4v) is 7.79. The Morgan fingerprint density at radius 1 is 0.255 bits per heavy atom. The van der Waals surface area contributed by atoms with Crippen LogP contribution in [0.4, 0.5) is 0 Å². The first-order valence-corrected chi connectivity index (χ1v) is 18.7. The highest BCUT2D eigenvalue weighted by atomic mass is 15.0. The van der Waals surface area contributed by atoms with E-state index >= 15 is 0 Å². The molecule has 0 N–H and O–H groups in total. The van der Waals surface area contributed by atoms with Crippen molar-refractivity contribution in [3.8, 4) is 89.8 Å². The van der Waals surface area contributed by atoms with Crippen molar-refractivity contribution in [2.45, 2.75) is 6.42 Å². The van der Waals surface area contributed by atoms with Crippen LogP contribution in [0, 0.1) is 0 Å². The maximum atomic E-state index is 5.16. The Morgan fingerprint density at radius 2 is 0.636 bits per heavy atom. The lowest BCUT2D eigenvalue weighted by Crippen LogP contribution is -2.00. The first-order valence-electron chi connectivity index (χ1n) is 18.7. The summed E-state index contributed by atoms with van der Waals surface area (Å²) >= 11 is 0. The van der Waals surface area contributed by atoms with Gasteiger partial charge in [0, 0.05) is 16.7 Å². The molecule has 0 bridgehead atoms. The van der Waals surface area contributed by atoms with E-state index in [2.05, 4.69) is 164 Å². The van der Waals surface area contributed by atoms with E-state index in [1.807, 2.05) is 36.4 Å². The number of hydrogen-bond donors (Lipinski definition) is 0. The smallest absolute Gasteiger partial charge is 0.164 e. The van der Waals surface area contributed by atoms with Gasteiger partial charge in [-0.3, -0.25) is 0 Å². The molecule has 0 unspecified atom stereocenters. The monoisotopic (exact) mass is 701 g/mol. The summed E-state index contributed by atoms with van der Waals surface area (Å²) in [6.45, 7) is 0. The third-order valence-corrected chi connectivity index (χ3v) is 10.5. The Bertz CT molecular complexity index is 2740. The molecule has 0 saturated heterocycles. The van der Waals surface area contributed by atoms with E-state index in [-0.39, 0.29) is 0 Å². The molecule has 3 nitrogen and oxygen atoms in total. The Morgan fingerprint density at radius 3 is 1.16 bits per heavy atom. The Balaban J connectivity index is 1.21. The van der Waals surface area contributed by atoms with Crippen molar-refractivity contribution in [3.63, 3.8) is 0 Å². The molecule has 1 aromatic heterocycles. The van der Waals surface area contributed by atoms with Gasteiger partial charge in [-0.2, -0.15) is 0 Å². The Labute approximate surface area is 321 Å². The third kappa shape index (κ3) is 6.32. The van der Waals surface area contributed by atoms with Crippen molar-refractivity contribution in [3.05, 3.63) is 211 Å². The van der Waals surface area contributed by atoms with Crippen molar-refractivity contribution in [1.29, 1.82) is 0 Å². The lowest BCUT2D eigenvalue weighted by molar-refractivity contribution is 1.07. The summed E-state index contributed by atoms with van der Waals surface area (Å²) in [7, 11) is 0. The first kappa shape index (κ1) is 32.4. The predicted molar refractivity (Wildman–Crippen MR) is 226 cm³/mol. The maximum Gasteiger partial charge on any atom is 0.164 e. The molecule has 0 radical (unpaired) electrons. The first-order chi connectivity index (χ1) is 27.2. The molecule has 0 atom stereocenters. The van der Waals surface area contributed by atoms with Crippen LogP contribution >= 0.6 is 0 Å². The molecule has 10 rings (SSSR count). The normalized spacial score (nSPS) is 11.6. The zero-order valence-electron chi connectivity index (χ0n) is 30.1. The highest BCUT2D eigenvalue weighted by Gasteiger charge is 2.25. The number of hydrogen-bond acceptors (Lipinski definition) is 3. The summed E-state index contributed by atoms with van der Waals surface area (Å²) in [5, 5.41) is 0. The van der Waals surface area contributed by atoms with Crippen molar-refractivity contribution >= 4 is 0 Å². The lowest BCUT2D eigenvalue weighted by Gasteiger charge is -2.16. The number of benzene rings is 8. The zero-order valence-corrected chi connectivity index (χ0v) is 30.1. The van der Waals surface area contributed by atoms with Crippen molar-refractivity contribution < 1.29 is 0 Å². The van der Waals surface area contributed by atoms with Gasteiger partial charge in [-0.05, 0) is 110 Å². The second-order valence-electron chi connectivity index (χ2n) is 14.0. The summed E-state index contributed by atoms with van der Waals surface area (Å²) in [5.41, 5.74) is 17.5. The summed E-state index contributed by atoms with van der Waals surface area (Å²) in [4.78, 5) is 15.3. The van der Waals surface area contributed by atoms with E-state index in [4.69, 9.17) is 15.0 Å². The quantitative estimate of drug-likeness (QED) is 0.166. The van der Waals surface area contributed by atoms with Gasteiger partial charge in [0.2, 0.25) is 0 Å². The molecule has 1 aliphatic rings. The van der Waals surface area contributed by atoms with Gasteiger partial charge >= 0.3 is 0 Å². The van der Waals surface area contributed by atoms with Crippen LogP contribution in [0.5, 0.6) is 0 Å². The summed E-state index contributed by atoms with van der Waals surface area (Å²) in [5.74, 6) is 1.93. The fourth-order valence-electron chi connectivity index (χ4n) is 7.79. The molecule has 0 saturated carbocycles. The van der Waals surface area contributed by atoms with Gasteiger partial charge in [0.05, 0.1) is 0 Å². The van der Waals surface area contributed by atoms with Gasteiger partial charge in [0.15, 0.2) is 17.5 Å².